The Balaban J connectivity index is 2.11. The van der Waals surface area contributed by atoms with Crippen molar-refractivity contribution in [1.82, 2.24) is 0 Å². The Hall–Kier alpha value is -1.05. The number of hydrogen-bond acceptors (Lipinski definition) is 2. The summed E-state index contributed by atoms with van der Waals surface area (Å²) >= 11 is 0. The largest absolute Gasteiger partial charge is 0.461 e. The minimum atomic E-state index is 0.532. The van der Waals surface area contributed by atoms with Gasteiger partial charge in [-0.2, -0.15) is 0 Å². The monoisotopic (exact) mass is 192 g/mol. The number of carbonyl (C=O) groups is 1. The molecule has 1 aromatic rings. The third-order valence-corrected chi connectivity index (χ3v) is 3.29. The molecule has 1 aliphatic carbocycles. The fourth-order valence-corrected chi connectivity index (χ4v) is 2.33. The van der Waals surface area contributed by atoms with Crippen LogP contribution >= 0.6 is 0 Å². The van der Waals surface area contributed by atoms with E-state index in [2.05, 4.69) is 6.92 Å². The van der Waals surface area contributed by atoms with Crippen molar-refractivity contribution in [3.63, 3.8) is 0 Å². The Bertz CT molecular complexity index is 306. The Labute approximate surface area is 84.3 Å². The number of furan rings is 1. The molecule has 0 atom stereocenters. The van der Waals surface area contributed by atoms with Gasteiger partial charge in [-0.15, -0.1) is 0 Å². The summed E-state index contributed by atoms with van der Waals surface area (Å²) < 4.78 is 5.13. The molecule has 0 aromatic carbocycles. The van der Waals surface area contributed by atoms with Crippen molar-refractivity contribution in [2.24, 2.45) is 5.92 Å². The van der Waals surface area contributed by atoms with E-state index in [0.29, 0.717) is 11.7 Å². The normalized spacial score (nSPS) is 27.5. The molecule has 1 heterocycles. The first-order chi connectivity index (χ1) is 6.81. The quantitative estimate of drug-likeness (QED) is 0.672. The van der Waals surface area contributed by atoms with E-state index in [9.17, 15) is 4.79 Å². The van der Waals surface area contributed by atoms with Gasteiger partial charge in [0.2, 0.25) is 0 Å². The van der Waals surface area contributed by atoms with Crippen LogP contribution in [-0.4, -0.2) is 6.29 Å². The van der Waals surface area contributed by atoms with Crippen molar-refractivity contribution in [3.8, 4) is 0 Å². The Morgan fingerprint density at radius 3 is 2.71 bits per heavy atom. The molecule has 0 aliphatic heterocycles. The van der Waals surface area contributed by atoms with E-state index in [-0.39, 0.29) is 0 Å². The van der Waals surface area contributed by atoms with Crippen LogP contribution in [0.2, 0.25) is 0 Å². The molecule has 76 valence electrons. The second-order valence-corrected chi connectivity index (χ2v) is 4.31. The molecule has 0 bridgehead atoms. The molecule has 2 heteroatoms. The average molecular weight is 192 g/mol. The summed E-state index contributed by atoms with van der Waals surface area (Å²) in [5.41, 5.74) is 1.12. The summed E-state index contributed by atoms with van der Waals surface area (Å²) in [7, 11) is 0. The van der Waals surface area contributed by atoms with Crippen molar-refractivity contribution in [3.05, 3.63) is 23.7 Å². The van der Waals surface area contributed by atoms with E-state index in [1.54, 1.807) is 6.26 Å². The lowest BCUT2D eigenvalue weighted by Crippen LogP contribution is -2.11. The number of hydrogen-bond donors (Lipinski definition) is 0. The van der Waals surface area contributed by atoms with Gasteiger partial charge in [0.05, 0.1) is 6.26 Å². The number of carbonyl (C=O) groups excluding carboxylic acids is 1. The van der Waals surface area contributed by atoms with E-state index in [1.807, 2.05) is 6.07 Å². The summed E-state index contributed by atoms with van der Waals surface area (Å²) in [5.74, 6) is 1.92. The average Bonchev–Trinajstić information content (AvgIpc) is 2.67. The van der Waals surface area contributed by atoms with Crippen LogP contribution in [0.25, 0.3) is 0 Å². The predicted octanol–water partition coefficient (Wildman–Crippen LogP) is 3.39. The van der Waals surface area contributed by atoms with Crippen LogP contribution in [0.4, 0.5) is 0 Å². The summed E-state index contributed by atoms with van der Waals surface area (Å²) in [4.78, 5) is 10.7. The van der Waals surface area contributed by atoms with E-state index in [0.717, 1.165) is 17.8 Å². The van der Waals surface area contributed by atoms with Crippen LogP contribution in [0, 0.1) is 5.92 Å². The minimum Gasteiger partial charge on any atom is -0.461 e. The van der Waals surface area contributed by atoms with Crippen LogP contribution in [0.1, 0.15) is 54.6 Å². The van der Waals surface area contributed by atoms with Crippen LogP contribution in [0.5, 0.6) is 0 Å². The van der Waals surface area contributed by atoms with E-state index >= 15 is 0 Å². The first kappa shape index (κ1) is 9.50. The van der Waals surface area contributed by atoms with Crippen LogP contribution in [0.3, 0.4) is 0 Å². The molecule has 0 unspecified atom stereocenters. The molecule has 0 saturated heterocycles. The predicted molar refractivity (Wildman–Crippen MR) is 54.5 cm³/mol. The molecule has 2 rings (SSSR count). The van der Waals surface area contributed by atoms with Crippen molar-refractivity contribution in [2.45, 2.75) is 38.5 Å². The fraction of sp³-hybridized carbons (Fsp3) is 0.583. The van der Waals surface area contributed by atoms with Crippen LogP contribution in [-0.2, 0) is 0 Å². The molecule has 2 nitrogen and oxygen atoms in total. The lowest BCUT2D eigenvalue weighted by atomic mass is 9.79. The van der Waals surface area contributed by atoms with Gasteiger partial charge in [0.15, 0.2) is 12.0 Å². The summed E-state index contributed by atoms with van der Waals surface area (Å²) in [5, 5.41) is 0. The van der Waals surface area contributed by atoms with Crippen molar-refractivity contribution >= 4 is 6.29 Å². The molecule has 1 aromatic heterocycles. The molecule has 0 spiro atoms. The molecule has 14 heavy (non-hydrogen) atoms. The van der Waals surface area contributed by atoms with Gasteiger partial charge in [-0.05, 0) is 30.7 Å². The smallest absolute Gasteiger partial charge is 0.185 e. The van der Waals surface area contributed by atoms with Gasteiger partial charge in [-0.3, -0.25) is 4.79 Å². The SMILES string of the molecule is CC1CCC(c2ccoc2C=O)CC1. The molecule has 1 aliphatic rings. The van der Waals surface area contributed by atoms with Gasteiger partial charge in [0, 0.05) is 5.56 Å². The highest BCUT2D eigenvalue weighted by Gasteiger charge is 2.22. The first-order valence-electron chi connectivity index (χ1n) is 5.34. The molecular weight excluding hydrogens is 176 g/mol. The highest BCUT2D eigenvalue weighted by Crippen LogP contribution is 2.36. The molecule has 0 radical (unpaired) electrons. The molecule has 1 fully saturated rings. The first-order valence-corrected chi connectivity index (χ1v) is 5.34. The van der Waals surface area contributed by atoms with Crippen molar-refractivity contribution < 1.29 is 9.21 Å². The zero-order valence-corrected chi connectivity index (χ0v) is 8.53. The molecule has 1 saturated carbocycles. The van der Waals surface area contributed by atoms with Crippen molar-refractivity contribution in [2.75, 3.05) is 0 Å². The van der Waals surface area contributed by atoms with Crippen molar-refractivity contribution in [1.29, 1.82) is 0 Å². The van der Waals surface area contributed by atoms with Crippen LogP contribution < -0.4 is 0 Å². The van der Waals surface area contributed by atoms with Gasteiger partial charge in [-0.25, -0.2) is 0 Å². The standard InChI is InChI=1S/C12H16O2/c1-9-2-4-10(5-3-9)11-6-7-14-12(11)8-13/h6-10H,2-5H2,1H3. The van der Waals surface area contributed by atoms with Crippen LogP contribution in [0.15, 0.2) is 16.7 Å². The zero-order chi connectivity index (χ0) is 9.97. The van der Waals surface area contributed by atoms with Gasteiger partial charge < -0.3 is 4.42 Å². The van der Waals surface area contributed by atoms with E-state index in [4.69, 9.17) is 4.42 Å². The van der Waals surface area contributed by atoms with Gasteiger partial charge in [0.1, 0.15) is 0 Å². The second-order valence-electron chi connectivity index (χ2n) is 4.31. The highest BCUT2D eigenvalue weighted by atomic mass is 16.3. The summed E-state index contributed by atoms with van der Waals surface area (Å²) in [6, 6.07) is 1.95. The van der Waals surface area contributed by atoms with Gasteiger partial charge in [0.25, 0.3) is 0 Å². The third-order valence-electron chi connectivity index (χ3n) is 3.29. The maximum Gasteiger partial charge on any atom is 0.185 e. The number of rotatable bonds is 2. The summed E-state index contributed by atoms with van der Waals surface area (Å²) in [6.45, 7) is 2.30. The lowest BCUT2D eigenvalue weighted by molar-refractivity contribution is 0.109. The third kappa shape index (κ3) is 1.74. The van der Waals surface area contributed by atoms with E-state index < -0.39 is 0 Å². The van der Waals surface area contributed by atoms with Gasteiger partial charge in [-0.1, -0.05) is 19.8 Å². The molecular formula is C12H16O2. The maximum atomic E-state index is 10.7. The highest BCUT2D eigenvalue weighted by molar-refractivity contribution is 5.73. The fourth-order valence-electron chi connectivity index (χ4n) is 2.33. The van der Waals surface area contributed by atoms with Gasteiger partial charge >= 0.3 is 0 Å². The summed E-state index contributed by atoms with van der Waals surface area (Å²) in [6.07, 6.45) is 7.38. The Morgan fingerprint density at radius 2 is 2.07 bits per heavy atom. The minimum absolute atomic E-state index is 0.532. The maximum absolute atomic E-state index is 10.7. The topological polar surface area (TPSA) is 30.2 Å². The molecule has 0 amide bonds. The Morgan fingerprint density at radius 1 is 1.36 bits per heavy atom. The lowest BCUT2D eigenvalue weighted by Gasteiger charge is -2.25. The number of aldehydes is 1. The zero-order valence-electron chi connectivity index (χ0n) is 8.53. The van der Waals surface area contributed by atoms with E-state index in [1.165, 1.54) is 25.7 Å². The Kier molecular flexibility index (Phi) is 2.71. The molecule has 0 N–H and O–H groups in total. The second kappa shape index (κ2) is 3.99.